The van der Waals surface area contributed by atoms with Gasteiger partial charge in [-0.3, -0.25) is 14.6 Å². The normalized spacial score (nSPS) is 13.7. The summed E-state index contributed by atoms with van der Waals surface area (Å²) in [5.74, 6) is -0.350. The fourth-order valence-corrected chi connectivity index (χ4v) is 6.09. The minimum atomic E-state index is -1.19. The summed E-state index contributed by atoms with van der Waals surface area (Å²) >= 11 is 0. The number of aryl methyl sites for hydroxylation is 1. The minimum Gasteiger partial charge on any atom is -0.370 e. The van der Waals surface area contributed by atoms with E-state index in [-0.39, 0.29) is 17.8 Å². The van der Waals surface area contributed by atoms with Crippen LogP contribution in [0.4, 0.5) is 0 Å². The first kappa shape index (κ1) is 29.6. The van der Waals surface area contributed by atoms with Crippen molar-refractivity contribution in [2.75, 3.05) is 13.1 Å². The number of amides is 2. The smallest absolute Gasteiger partial charge is 0.245 e. The van der Waals surface area contributed by atoms with E-state index in [1.165, 1.54) is 5.56 Å². The SMILES string of the molecule is NC(N)=NCCCC(NC(=O)C(c1ccccc1)(c1ccccc1)c1ccccc1)C(=O)N1CCCc2ccccc2C1. The highest BCUT2D eigenvalue weighted by Crippen LogP contribution is 2.40. The van der Waals surface area contributed by atoms with Crippen molar-refractivity contribution in [3.05, 3.63) is 143 Å². The van der Waals surface area contributed by atoms with E-state index < -0.39 is 11.5 Å². The Hall–Kier alpha value is -4.91. The van der Waals surface area contributed by atoms with Crippen molar-refractivity contribution < 1.29 is 9.59 Å². The fraction of sp³-hybridized carbons (Fsp3) is 0.250. The molecule has 0 radical (unpaired) electrons. The van der Waals surface area contributed by atoms with Gasteiger partial charge >= 0.3 is 0 Å². The molecule has 1 unspecified atom stereocenters. The van der Waals surface area contributed by atoms with Crippen LogP contribution in [0.2, 0.25) is 0 Å². The molecule has 0 saturated carbocycles. The average Bonchev–Trinajstić information content (AvgIpc) is 3.27. The van der Waals surface area contributed by atoms with Crippen LogP contribution in [0.3, 0.4) is 0 Å². The first-order valence-corrected chi connectivity index (χ1v) is 14.9. The molecule has 7 heteroatoms. The van der Waals surface area contributed by atoms with Gasteiger partial charge in [0, 0.05) is 19.6 Å². The van der Waals surface area contributed by atoms with E-state index in [9.17, 15) is 9.59 Å². The predicted octanol–water partition coefficient (Wildman–Crippen LogP) is 4.53. The standard InChI is InChI=1S/C36H39N5O2/c37-35(38)39-24-12-23-32(33(42)41-25-13-16-27-14-10-11-15-28(27)26-41)40-34(43)36(29-17-4-1-5-18-29,30-19-6-2-7-20-30)31-21-8-3-9-22-31/h1-11,14-15,17-22,32H,12-13,16,23-26H2,(H,40,43)(H4,37,38,39). The van der Waals surface area contributed by atoms with Crippen LogP contribution in [0, 0.1) is 0 Å². The zero-order valence-corrected chi connectivity index (χ0v) is 24.4. The van der Waals surface area contributed by atoms with Crippen LogP contribution in [0.1, 0.15) is 47.1 Å². The van der Waals surface area contributed by atoms with Crippen molar-refractivity contribution in [3.63, 3.8) is 0 Å². The summed E-state index contributed by atoms with van der Waals surface area (Å²) in [6.45, 7) is 1.50. The summed E-state index contributed by atoms with van der Waals surface area (Å²) in [5.41, 5.74) is 14.8. The van der Waals surface area contributed by atoms with Crippen molar-refractivity contribution >= 4 is 17.8 Å². The predicted molar refractivity (Wildman–Crippen MR) is 171 cm³/mol. The first-order valence-electron chi connectivity index (χ1n) is 14.9. The number of hydrogen-bond donors (Lipinski definition) is 3. The number of nitrogens with one attached hydrogen (secondary N) is 1. The van der Waals surface area contributed by atoms with Gasteiger partial charge in [0.15, 0.2) is 5.96 Å². The molecule has 5 N–H and O–H groups in total. The molecule has 43 heavy (non-hydrogen) atoms. The van der Waals surface area contributed by atoms with Crippen molar-refractivity contribution in [1.82, 2.24) is 10.2 Å². The maximum Gasteiger partial charge on any atom is 0.245 e. The molecule has 0 bridgehead atoms. The lowest BCUT2D eigenvalue weighted by molar-refractivity contribution is -0.138. The van der Waals surface area contributed by atoms with Crippen molar-refractivity contribution in [1.29, 1.82) is 0 Å². The molecule has 0 spiro atoms. The second-order valence-electron chi connectivity index (χ2n) is 11.0. The van der Waals surface area contributed by atoms with Gasteiger partial charge in [0.25, 0.3) is 0 Å². The van der Waals surface area contributed by atoms with Gasteiger partial charge < -0.3 is 21.7 Å². The molecular formula is C36H39N5O2. The molecule has 1 aliphatic rings. The van der Waals surface area contributed by atoms with Crippen LogP contribution < -0.4 is 16.8 Å². The maximum absolute atomic E-state index is 14.9. The quantitative estimate of drug-likeness (QED) is 0.112. The number of nitrogens with zero attached hydrogens (tertiary/aromatic N) is 2. The molecule has 0 aliphatic carbocycles. The fourth-order valence-electron chi connectivity index (χ4n) is 6.09. The molecule has 5 rings (SSSR count). The maximum atomic E-state index is 14.9. The number of benzene rings is 4. The molecule has 0 aromatic heterocycles. The molecular weight excluding hydrogens is 534 g/mol. The molecule has 1 aliphatic heterocycles. The third-order valence-corrected chi connectivity index (χ3v) is 8.18. The summed E-state index contributed by atoms with van der Waals surface area (Å²) in [7, 11) is 0. The second kappa shape index (κ2) is 13.8. The minimum absolute atomic E-state index is 0.00675. The number of nitrogens with two attached hydrogens (primary N) is 2. The second-order valence-corrected chi connectivity index (χ2v) is 11.0. The lowest BCUT2D eigenvalue weighted by Gasteiger charge is -2.36. The molecule has 7 nitrogen and oxygen atoms in total. The van der Waals surface area contributed by atoms with E-state index >= 15 is 0 Å². The van der Waals surface area contributed by atoms with E-state index in [4.69, 9.17) is 11.5 Å². The lowest BCUT2D eigenvalue weighted by Crippen LogP contribution is -2.54. The molecule has 2 amide bonds. The summed E-state index contributed by atoms with van der Waals surface area (Å²) in [4.78, 5) is 35.2. The highest BCUT2D eigenvalue weighted by atomic mass is 16.2. The van der Waals surface area contributed by atoms with Gasteiger partial charge in [0.2, 0.25) is 11.8 Å². The summed E-state index contributed by atoms with van der Waals surface area (Å²) in [6, 6.07) is 36.8. The van der Waals surface area contributed by atoms with E-state index in [1.54, 1.807) is 0 Å². The number of carbonyl (C=O) groups excluding carboxylic acids is 2. The topological polar surface area (TPSA) is 114 Å². The van der Waals surface area contributed by atoms with E-state index in [0.29, 0.717) is 32.5 Å². The Labute approximate surface area is 253 Å². The Bertz CT molecular complexity index is 1440. The van der Waals surface area contributed by atoms with Crippen LogP contribution in [-0.4, -0.2) is 41.8 Å². The largest absolute Gasteiger partial charge is 0.370 e. The Balaban J connectivity index is 1.55. The third kappa shape index (κ3) is 6.61. The number of aliphatic imine (C=N–C) groups is 1. The number of fused-ring (bicyclic) bond motifs is 1. The Kier molecular flexibility index (Phi) is 9.52. The molecule has 220 valence electrons. The highest BCUT2D eigenvalue weighted by Gasteiger charge is 2.45. The zero-order chi connectivity index (χ0) is 30.1. The summed E-state index contributed by atoms with van der Waals surface area (Å²) < 4.78 is 0. The number of hydrogen-bond acceptors (Lipinski definition) is 3. The van der Waals surface area contributed by atoms with Crippen LogP contribution >= 0.6 is 0 Å². The van der Waals surface area contributed by atoms with Gasteiger partial charge in [-0.1, -0.05) is 115 Å². The van der Waals surface area contributed by atoms with Gasteiger partial charge in [0.1, 0.15) is 11.5 Å². The van der Waals surface area contributed by atoms with E-state index in [2.05, 4.69) is 22.4 Å². The molecule has 0 saturated heterocycles. The Morgan fingerprint density at radius 1 is 0.767 bits per heavy atom. The van der Waals surface area contributed by atoms with Gasteiger partial charge in [-0.25, -0.2) is 0 Å². The number of guanidine groups is 1. The summed E-state index contributed by atoms with van der Waals surface area (Å²) in [5, 5.41) is 3.24. The molecule has 1 heterocycles. The van der Waals surface area contributed by atoms with Crippen molar-refractivity contribution in [2.24, 2.45) is 16.5 Å². The highest BCUT2D eigenvalue weighted by molar-refractivity contribution is 5.99. The van der Waals surface area contributed by atoms with Gasteiger partial charge in [-0.2, -0.15) is 0 Å². The van der Waals surface area contributed by atoms with Crippen LogP contribution in [0.15, 0.2) is 120 Å². The third-order valence-electron chi connectivity index (χ3n) is 8.18. The van der Waals surface area contributed by atoms with Gasteiger partial charge in [-0.15, -0.1) is 0 Å². The molecule has 0 fully saturated rings. The molecule has 4 aromatic rings. The van der Waals surface area contributed by atoms with Crippen LogP contribution in [0.5, 0.6) is 0 Å². The van der Waals surface area contributed by atoms with Gasteiger partial charge in [-0.05, 0) is 53.5 Å². The molecule has 4 aromatic carbocycles. The number of rotatable bonds is 10. The Morgan fingerprint density at radius 3 is 1.81 bits per heavy atom. The van der Waals surface area contributed by atoms with E-state index in [1.807, 2.05) is 108 Å². The first-order chi connectivity index (χ1) is 21.0. The van der Waals surface area contributed by atoms with Crippen molar-refractivity contribution in [3.8, 4) is 0 Å². The monoisotopic (exact) mass is 573 g/mol. The number of carbonyl (C=O) groups is 2. The van der Waals surface area contributed by atoms with E-state index in [0.717, 1.165) is 35.1 Å². The lowest BCUT2D eigenvalue weighted by atomic mass is 9.68. The summed E-state index contributed by atoms with van der Waals surface area (Å²) in [6.07, 6.45) is 2.71. The van der Waals surface area contributed by atoms with Crippen LogP contribution in [0.25, 0.3) is 0 Å². The van der Waals surface area contributed by atoms with Gasteiger partial charge in [0.05, 0.1) is 0 Å². The average molecular weight is 574 g/mol. The van der Waals surface area contributed by atoms with Crippen molar-refractivity contribution in [2.45, 2.75) is 43.7 Å². The zero-order valence-electron chi connectivity index (χ0n) is 24.4. The van der Waals surface area contributed by atoms with Crippen LogP contribution in [-0.2, 0) is 28.0 Å². The molecule has 1 atom stereocenters. The Morgan fingerprint density at radius 2 is 1.28 bits per heavy atom.